The summed E-state index contributed by atoms with van der Waals surface area (Å²) < 4.78 is 0. The highest BCUT2D eigenvalue weighted by atomic mass is 16.1. The third-order valence-corrected chi connectivity index (χ3v) is 4.45. The standard InChI is InChI=1S/C19H19NO/c1-11-10-17(19(20)21)18(13(3)12(11)2)16-9-5-7-14-6-4-8-15(14)16/h4-5,7-11H,2,6H2,1,3H3,(H2,20,21). The summed E-state index contributed by atoms with van der Waals surface area (Å²) in [6.07, 6.45) is 7.16. The van der Waals surface area contributed by atoms with Gasteiger partial charge in [-0.15, -0.1) is 0 Å². The minimum absolute atomic E-state index is 0.142. The van der Waals surface area contributed by atoms with Gasteiger partial charge in [-0.2, -0.15) is 0 Å². The number of primary amides is 1. The molecule has 0 saturated heterocycles. The Labute approximate surface area is 125 Å². The lowest BCUT2D eigenvalue weighted by atomic mass is 9.78. The van der Waals surface area contributed by atoms with Crippen LogP contribution in [0, 0.1) is 5.92 Å². The van der Waals surface area contributed by atoms with Crippen molar-refractivity contribution in [3.63, 3.8) is 0 Å². The van der Waals surface area contributed by atoms with Gasteiger partial charge in [0.2, 0.25) is 5.91 Å². The van der Waals surface area contributed by atoms with Crippen LogP contribution in [0.2, 0.25) is 0 Å². The molecule has 0 heterocycles. The molecule has 0 spiro atoms. The maximum atomic E-state index is 11.9. The molecule has 0 aliphatic heterocycles. The molecule has 106 valence electrons. The molecule has 0 radical (unpaired) electrons. The lowest BCUT2D eigenvalue weighted by Crippen LogP contribution is -2.20. The maximum absolute atomic E-state index is 11.9. The van der Waals surface area contributed by atoms with Crippen molar-refractivity contribution in [2.45, 2.75) is 20.3 Å². The zero-order valence-corrected chi connectivity index (χ0v) is 12.4. The molecule has 1 amide bonds. The Kier molecular flexibility index (Phi) is 3.17. The normalized spacial score (nSPS) is 20.6. The third-order valence-electron chi connectivity index (χ3n) is 4.45. The van der Waals surface area contributed by atoms with Gasteiger partial charge in [0.25, 0.3) is 0 Å². The van der Waals surface area contributed by atoms with Gasteiger partial charge in [-0.05, 0) is 52.7 Å². The zero-order chi connectivity index (χ0) is 15.1. The van der Waals surface area contributed by atoms with Crippen molar-refractivity contribution in [3.05, 3.63) is 70.3 Å². The van der Waals surface area contributed by atoms with Crippen molar-refractivity contribution >= 4 is 17.6 Å². The molecule has 2 nitrogen and oxygen atoms in total. The van der Waals surface area contributed by atoms with Crippen LogP contribution in [0.1, 0.15) is 30.5 Å². The number of amides is 1. The molecular formula is C19H19NO. The summed E-state index contributed by atoms with van der Waals surface area (Å²) in [5.41, 5.74) is 12.9. The maximum Gasteiger partial charge on any atom is 0.249 e. The molecule has 0 bridgehead atoms. The summed E-state index contributed by atoms with van der Waals surface area (Å²) in [4.78, 5) is 11.9. The van der Waals surface area contributed by atoms with E-state index in [2.05, 4.69) is 30.9 Å². The number of rotatable bonds is 2. The van der Waals surface area contributed by atoms with E-state index in [-0.39, 0.29) is 11.8 Å². The van der Waals surface area contributed by atoms with Gasteiger partial charge in [0.1, 0.15) is 0 Å². The van der Waals surface area contributed by atoms with Crippen LogP contribution < -0.4 is 5.73 Å². The second-order valence-electron chi connectivity index (χ2n) is 5.74. The summed E-state index contributed by atoms with van der Waals surface area (Å²) in [5.74, 6) is -0.230. The lowest BCUT2D eigenvalue weighted by Gasteiger charge is -2.25. The number of benzene rings is 1. The van der Waals surface area contributed by atoms with Crippen LogP contribution in [-0.4, -0.2) is 5.91 Å². The molecule has 1 unspecified atom stereocenters. The van der Waals surface area contributed by atoms with Crippen molar-refractivity contribution in [1.82, 2.24) is 0 Å². The molecule has 2 heteroatoms. The smallest absolute Gasteiger partial charge is 0.249 e. The first-order valence-corrected chi connectivity index (χ1v) is 7.21. The fourth-order valence-electron chi connectivity index (χ4n) is 3.20. The highest BCUT2D eigenvalue weighted by molar-refractivity contribution is 6.11. The summed E-state index contributed by atoms with van der Waals surface area (Å²) >= 11 is 0. The number of fused-ring (bicyclic) bond motifs is 1. The molecular weight excluding hydrogens is 258 g/mol. The Bertz CT molecular complexity index is 747. The number of carbonyl (C=O) groups excluding carboxylic acids is 1. The second kappa shape index (κ2) is 4.88. The Morgan fingerprint density at radius 2 is 2.14 bits per heavy atom. The topological polar surface area (TPSA) is 43.1 Å². The average Bonchev–Trinajstić information content (AvgIpc) is 2.93. The molecule has 2 aliphatic rings. The van der Waals surface area contributed by atoms with Gasteiger partial charge >= 0.3 is 0 Å². The average molecular weight is 277 g/mol. The first kappa shape index (κ1) is 13.6. The molecule has 1 aromatic carbocycles. The zero-order valence-electron chi connectivity index (χ0n) is 12.4. The fraction of sp³-hybridized carbons (Fsp3) is 0.211. The van der Waals surface area contributed by atoms with Gasteiger partial charge in [-0.25, -0.2) is 0 Å². The Morgan fingerprint density at radius 3 is 2.86 bits per heavy atom. The molecule has 0 saturated carbocycles. The van der Waals surface area contributed by atoms with E-state index in [0.717, 1.165) is 28.7 Å². The van der Waals surface area contributed by atoms with Gasteiger partial charge in [0.05, 0.1) is 0 Å². The third kappa shape index (κ3) is 2.07. The van der Waals surface area contributed by atoms with E-state index in [1.54, 1.807) is 0 Å². The van der Waals surface area contributed by atoms with Crippen LogP contribution >= 0.6 is 0 Å². The monoisotopic (exact) mass is 277 g/mol. The molecule has 2 N–H and O–H groups in total. The Hall–Kier alpha value is -2.35. The SMILES string of the molecule is C=C1C(C)=C(c2cccc3c2C=CC3)C(C(N)=O)=CC1C. The highest BCUT2D eigenvalue weighted by Gasteiger charge is 2.26. The van der Waals surface area contributed by atoms with Crippen LogP contribution in [0.5, 0.6) is 0 Å². The van der Waals surface area contributed by atoms with Gasteiger partial charge in [-0.3, -0.25) is 4.79 Å². The predicted octanol–water partition coefficient (Wildman–Crippen LogP) is 3.65. The Morgan fingerprint density at radius 1 is 1.38 bits per heavy atom. The van der Waals surface area contributed by atoms with Crippen LogP contribution in [-0.2, 0) is 11.2 Å². The van der Waals surface area contributed by atoms with Gasteiger partial charge < -0.3 is 5.73 Å². The summed E-state index contributed by atoms with van der Waals surface area (Å²) in [7, 11) is 0. The van der Waals surface area contributed by atoms with Crippen LogP contribution in [0.25, 0.3) is 11.6 Å². The van der Waals surface area contributed by atoms with Crippen molar-refractivity contribution < 1.29 is 4.79 Å². The summed E-state index contributed by atoms with van der Waals surface area (Å²) in [5, 5.41) is 0. The van der Waals surface area contributed by atoms with Gasteiger partial charge in [0.15, 0.2) is 0 Å². The fourth-order valence-corrected chi connectivity index (χ4v) is 3.20. The number of hydrogen-bond donors (Lipinski definition) is 1. The molecule has 1 aromatic rings. The number of allylic oxidation sites excluding steroid dienone is 4. The van der Waals surface area contributed by atoms with Crippen molar-refractivity contribution in [1.29, 1.82) is 0 Å². The van der Waals surface area contributed by atoms with Crippen molar-refractivity contribution in [2.24, 2.45) is 11.7 Å². The molecule has 0 aromatic heterocycles. The predicted molar refractivity (Wildman–Crippen MR) is 87.4 cm³/mol. The van der Waals surface area contributed by atoms with Gasteiger partial charge in [-0.1, -0.05) is 49.9 Å². The van der Waals surface area contributed by atoms with Gasteiger partial charge in [0, 0.05) is 5.57 Å². The van der Waals surface area contributed by atoms with E-state index >= 15 is 0 Å². The quantitative estimate of drug-likeness (QED) is 0.881. The molecule has 2 aliphatic carbocycles. The van der Waals surface area contributed by atoms with E-state index < -0.39 is 0 Å². The van der Waals surface area contributed by atoms with E-state index in [9.17, 15) is 4.79 Å². The Balaban J connectivity index is 2.27. The number of nitrogens with two attached hydrogens (primary N) is 1. The highest BCUT2D eigenvalue weighted by Crippen LogP contribution is 2.40. The minimum atomic E-state index is -0.372. The van der Waals surface area contributed by atoms with E-state index in [0.29, 0.717) is 5.57 Å². The van der Waals surface area contributed by atoms with Crippen LogP contribution in [0.15, 0.2) is 53.6 Å². The van der Waals surface area contributed by atoms with E-state index in [1.807, 2.05) is 26.0 Å². The molecule has 21 heavy (non-hydrogen) atoms. The molecule has 1 atom stereocenters. The summed E-state index contributed by atoms with van der Waals surface area (Å²) in [6.45, 7) is 8.24. The van der Waals surface area contributed by atoms with E-state index in [4.69, 9.17) is 5.73 Å². The lowest BCUT2D eigenvalue weighted by molar-refractivity contribution is -0.114. The summed E-state index contributed by atoms with van der Waals surface area (Å²) in [6, 6.07) is 6.23. The molecule has 3 rings (SSSR count). The van der Waals surface area contributed by atoms with Crippen LogP contribution in [0.4, 0.5) is 0 Å². The largest absolute Gasteiger partial charge is 0.366 e. The number of carbonyl (C=O) groups is 1. The number of hydrogen-bond acceptors (Lipinski definition) is 1. The second-order valence-corrected chi connectivity index (χ2v) is 5.74. The van der Waals surface area contributed by atoms with E-state index in [1.165, 1.54) is 11.1 Å². The first-order chi connectivity index (χ1) is 10.0. The first-order valence-electron chi connectivity index (χ1n) is 7.21. The molecule has 0 fully saturated rings. The van der Waals surface area contributed by atoms with Crippen molar-refractivity contribution in [2.75, 3.05) is 0 Å². The minimum Gasteiger partial charge on any atom is -0.366 e. The van der Waals surface area contributed by atoms with Crippen LogP contribution in [0.3, 0.4) is 0 Å². The van der Waals surface area contributed by atoms with Crippen molar-refractivity contribution in [3.8, 4) is 0 Å².